The first-order chi connectivity index (χ1) is 10.3. The van der Waals surface area contributed by atoms with E-state index in [9.17, 15) is 22.8 Å². The van der Waals surface area contributed by atoms with Crippen molar-refractivity contribution in [3.63, 3.8) is 0 Å². The summed E-state index contributed by atoms with van der Waals surface area (Å²) in [4.78, 5) is 22.7. The Kier molecular flexibility index (Phi) is 4.60. The van der Waals surface area contributed by atoms with Crippen LogP contribution < -0.4 is 10.6 Å². The lowest BCUT2D eigenvalue weighted by Crippen LogP contribution is -2.31. The summed E-state index contributed by atoms with van der Waals surface area (Å²) >= 11 is 5.54. The zero-order chi connectivity index (χ0) is 16.3. The van der Waals surface area contributed by atoms with E-state index >= 15 is 0 Å². The summed E-state index contributed by atoms with van der Waals surface area (Å²) in [5.41, 5.74) is -0.542. The molecule has 22 heavy (non-hydrogen) atoms. The maximum atomic E-state index is 12.6. The molecule has 2 N–H and O–H groups in total. The zero-order valence-corrected chi connectivity index (χ0v) is 11.7. The molecule has 0 bridgehead atoms. The predicted molar refractivity (Wildman–Crippen MR) is 72.3 cm³/mol. The van der Waals surface area contributed by atoms with Gasteiger partial charge in [-0.05, 0) is 18.2 Å². The number of rotatable bonds is 2. The molecular formula is C13H10ClF3N2O3. The SMILES string of the molecule is O=C(NC1=CC(=O)OCC1)Nc1ccc(C(F)(F)F)c(Cl)c1. The second-order valence-corrected chi connectivity index (χ2v) is 4.77. The van der Waals surface area contributed by atoms with Gasteiger partial charge in [0.2, 0.25) is 0 Å². The van der Waals surface area contributed by atoms with E-state index in [-0.39, 0.29) is 12.3 Å². The van der Waals surface area contributed by atoms with Crippen LogP contribution in [-0.4, -0.2) is 18.6 Å². The molecule has 0 atom stereocenters. The molecule has 2 amide bonds. The third kappa shape index (κ3) is 4.14. The zero-order valence-electron chi connectivity index (χ0n) is 11.0. The summed E-state index contributed by atoms with van der Waals surface area (Å²) in [5.74, 6) is -0.570. The maximum absolute atomic E-state index is 12.6. The summed E-state index contributed by atoms with van der Waals surface area (Å²) in [6, 6.07) is 2.15. The van der Waals surface area contributed by atoms with Crippen molar-refractivity contribution in [1.29, 1.82) is 0 Å². The molecule has 5 nitrogen and oxygen atoms in total. The van der Waals surface area contributed by atoms with Crippen LogP contribution in [-0.2, 0) is 15.7 Å². The van der Waals surface area contributed by atoms with Crippen molar-refractivity contribution in [3.05, 3.63) is 40.6 Å². The summed E-state index contributed by atoms with van der Waals surface area (Å²) in [6.45, 7) is 0.150. The maximum Gasteiger partial charge on any atom is 0.417 e. The van der Waals surface area contributed by atoms with Gasteiger partial charge < -0.3 is 15.4 Å². The fourth-order valence-corrected chi connectivity index (χ4v) is 2.03. The third-order valence-corrected chi connectivity index (χ3v) is 3.03. The average Bonchev–Trinajstić information content (AvgIpc) is 2.36. The van der Waals surface area contributed by atoms with Gasteiger partial charge in [-0.3, -0.25) is 0 Å². The fourth-order valence-electron chi connectivity index (χ4n) is 1.75. The number of carbonyl (C=O) groups is 2. The molecule has 0 fully saturated rings. The number of urea groups is 1. The van der Waals surface area contributed by atoms with Crippen LogP contribution in [0.2, 0.25) is 5.02 Å². The van der Waals surface area contributed by atoms with Gasteiger partial charge in [-0.25, -0.2) is 9.59 Å². The standard InChI is InChI=1S/C13H10ClF3N2O3/c14-10-5-7(1-2-9(10)13(15,16)17)18-12(21)19-8-3-4-22-11(20)6-8/h1-2,5-6H,3-4H2,(H2,18,19,21). The van der Waals surface area contributed by atoms with Crippen molar-refractivity contribution in [2.45, 2.75) is 12.6 Å². The Morgan fingerprint density at radius 3 is 2.59 bits per heavy atom. The molecule has 9 heteroatoms. The monoisotopic (exact) mass is 334 g/mol. The molecule has 1 aromatic carbocycles. The number of hydrogen-bond acceptors (Lipinski definition) is 3. The predicted octanol–water partition coefficient (Wildman–Crippen LogP) is 3.31. The molecule has 1 aliphatic rings. The third-order valence-electron chi connectivity index (χ3n) is 2.71. The first-order valence-corrected chi connectivity index (χ1v) is 6.45. The number of amides is 2. The van der Waals surface area contributed by atoms with Crippen LogP contribution in [0.1, 0.15) is 12.0 Å². The fraction of sp³-hybridized carbons (Fsp3) is 0.231. The van der Waals surface area contributed by atoms with Crippen LogP contribution in [0.4, 0.5) is 23.7 Å². The van der Waals surface area contributed by atoms with E-state index in [4.69, 9.17) is 11.6 Å². The second kappa shape index (κ2) is 6.27. The first-order valence-electron chi connectivity index (χ1n) is 6.08. The van der Waals surface area contributed by atoms with E-state index in [0.29, 0.717) is 12.1 Å². The molecule has 1 aliphatic heterocycles. The molecule has 0 saturated carbocycles. The molecule has 0 spiro atoms. The van der Waals surface area contributed by atoms with Crippen molar-refractivity contribution in [3.8, 4) is 0 Å². The number of carbonyl (C=O) groups excluding carboxylic acids is 2. The lowest BCUT2D eigenvalue weighted by atomic mass is 10.2. The quantitative estimate of drug-likeness (QED) is 0.815. The lowest BCUT2D eigenvalue weighted by molar-refractivity contribution is -0.139. The molecule has 0 aromatic heterocycles. The van der Waals surface area contributed by atoms with Gasteiger partial charge in [0.15, 0.2) is 0 Å². The van der Waals surface area contributed by atoms with Crippen LogP contribution >= 0.6 is 11.6 Å². The Hall–Kier alpha value is -2.22. The number of ether oxygens (including phenoxy) is 1. The molecule has 1 aromatic rings. The van der Waals surface area contributed by atoms with Gasteiger partial charge in [-0.15, -0.1) is 0 Å². The number of hydrogen-bond donors (Lipinski definition) is 2. The smallest absolute Gasteiger partial charge is 0.417 e. The van der Waals surface area contributed by atoms with Crippen molar-refractivity contribution >= 4 is 29.3 Å². The molecule has 2 rings (SSSR count). The van der Waals surface area contributed by atoms with E-state index in [0.717, 1.165) is 24.3 Å². The largest absolute Gasteiger partial charge is 0.462 e. The number of alkyl halides is 3. The van der Waals surface area contributed by atoms with E-state index in [2.05, 4.69) is 15.4 Å². The molecule has 1 heterocycles. The van der Waals surface area contributed by atoms with Gasteiger partial charge in [0.25, 0.3) is 0 Å². The second-order valence-electron chi connectivity index (χ2n) is 4.36. The van der Waals surface area contributed by atoms with Crippen LogP contribution in [0, 0.1) is 0 Å². The van der Waals surface area contributed by atoms with Gasteiger partial charge in [-0.2, -0.15) is 13.2 Å². The van der Waals surface area contributed by atoms with Gasteiger partial charge in [-0.1, -0.05) is 11.6 Å². The number of halogens is 4. The van der Waals surface area contributed by atoms with Gasteiger partial charge in [0.05, 0.1) is 17.2 Å². The Morgan fingerprint density at radius 2 is 2.00 bits per heavy atom. The molecule has 0 aliphatic carbocycles. The van der Waals surface area contributed by atoms with E-state index in [1.54, 1.807) is 0 Å². The van der Waals surface area contributed by atoms with Gasteiger partial charge in [0, 0.05) is 23.9 Å². The molecule has 0 saturated heterocycles. The Bertz CT molecular complexity index is 644. The Morgan fingerprint density at radius 1 is 1.27 bits per heavy atom. The highest BCUT2D eigenvalue weighted by Crippen LogP contribution is 2.35. The molecule has 0 unspecified atom stereocenters. The van der Waals surface area contributed by atoms with Gasteiger partial charge >= 0.3 is 18.2 Å². The molecule has 0 radical (unpaired) electrons. The summed E-state index contributed by atoms with van der Waals surface area (Å²) in [7, 11) is 0. The van der Waals surface area contributed by atoms with E-state index < -0.39 is 28.8 Å². The summed E-state index contributed by atoms with van der Waals surface area (Å²) < 4.78 is 42.3. The molecular weight excluding hydrogens is 325 g/mol. The highest BCUT2D eigenvalue weighted by molar-refractivity contribution is 6.31. The topological polar surface area (TPSA) is 67.4 Å². The van der Waals surface area contributed by atoms with Crippen molar-refractivity contribution in [2.24, 2.45) is 0 Å². The average molecular weight is 335 g/mol. The number of nitrogens with one attached hydrogen (secondary N) is 2. The normalized spacial score (nSPS) is 14.9. The summed E-state index contributed by atoms with van der Waals surface area (Å²) in [5, 5.41) is 4.21. The van der Waals surface area contributed by atoms with Gasteiger partial charge in [0.1, 0.15) is 0 Å². The van der Waals surface area contributed by atoms with Crippen molar-refractivity contribution in [2.75, 3.05) is 11.9 Å². The Balaban J connectivity index is 2.03. The van der Waals surface area contributed by atoms with Crippen LogP contribution in [0.3, 0.4) is 0 Å². The highest BCUT2D eigenvalue weighted by atomic mass is 35.5. The highest BCUT2D eigenvalue weighted by Gasteiger charge is 2.33. The first kappa shape index (κ1) is 16.2. The number of benzene rings is 1. The minimum absolute atomic E-state index is 0.0921. The lowest BCUT2D eigenvalue weighted by Gasteiger charge is -2.15. The number of anilines is 1. The molecule has 118 valence electrons. The van der Waals surface area contributed by atoms with Crippen molar-refractivity contribution < 1.29 is 27.5 Å². The Labute approximate surface area is 128 Å². The number of esters is 1. The van der Waals surface area contributed by atoms with Crippen LogP contribution in [0.5, 0.6) is 0 Å². The minimum atomic E-state index is -4.56. The van der Waals surface area contributed by atoms with E-state index in [1.807, 2.05) is 0 Å². The van der Waals surface area contributed by atoms with Crippen LogP contribution in [0.15, 0.2) is 30.0 Å². The van der Waals surface area contributed by atoms with Crippen molar-refractivity contribution in [1.82, 2.24) is 5.32 Å². The minimum Gasteiger partial charge on any atom is -0.462 e. The van der Waals surface area contributed by atoms with Crippen LogP contribution in [0.25, 0.3) is 0 Å². The van der Waals surface area contributed by atoms with E-state index in [1.165, 1.54) is 0 Å². The number of cyclic esters (lactones) is 1. The summed E-state index contributed by atoms with van der Waals surface area (Å²) in [6.07, 6.45) is -3.10.